The van der Waals surface area contributed by atoms with E-state index in [1.807, 2.05) is 13.8 Å². The van der Waals surface area contributed by atoms with E-state index in [-0.39, 0.29) is 42.0 Å². The van der Waals surface area contributed by atoms with Crippen LogP contribution in [0.3, 0.4) is 0 Å². The summed E-state index contributed by atoms with van der Waals surface area (Å²) in [6.45, 7) is 5.89. The molecule has 2 heterocycles. The van der Waals surface area contributed by atoms with Crippen LogP contribution in [-0.2, 0) is 11.3 Å². The molecule has 2 N–H and O–H groups in total. The molecule has 3 rings (SSSR count). The Morgan fingerprint density at radius 3 is 2.55 bits per heavy atom. The average molecular weight is 404 g/mol. The quantitative estimate of drug-likeness (QED) is 0.736. The van der Waals surface area contributed by atoms with E-state index < -0.39 is 5.54 Å². The molecule has 1 aromatic heterocycles. The summed E-state index contributed by atoms with van der Waals surface area (Å²) in [4.78, 5) is 40.0. The van der Waals surface area contributed by atoms with Gasteiger partial charge in [0.05, 0.1) is 6.54 Å². The summed E-state index contributed by atoms with van der Waals surface area (Å²) in [5.74, 6) is -0.766. The molecule has 1 aliphatic heterocycles. The number of carbonyl (C=O) groups is 3. The van der Waals surface area contributed by atoms with Crippen molar-refractivity contribution in [2.45, 2.75) is 89.9 Å². The van der Waals surface area contributed by atoms with Crippen LogP contribution in [0.4, 0.5) is 0 Å². The lowest BCUT2D eigenvalue weighted by atomic mass is 9.95. The van der Waals surface area contributed by atoms with E-state index in [4.69, 9.17) is 0 Å². The molecule has 0 aromatic carbocycles. The second kappa shape index (κ2) is 8.55. The van der Waals surface area contributed by atoms with Crippen molar-refractivity contribution in [2.24, 2.45) is 0 Å². The van der Waals surface area contributed by atoms with Crippen LogP contribution in [0, 0.1) is 0 Å². The zero-order chi connectivity index (χ0) is 21.2. The molecule has 0 spiro atoms. The van der Waals surface area contributed by atoms with Crippen molar-refractivity contribution in [3.63, 3.8) is 0 Å². The zero-order valence-electron chi connectivity index (χ0n) is 18.0. The first kappa shape index (κ1) is 21.3. The van der Waals surface area contributed by atoms with Gasteiger partial charge in [0.2, 0.25) is 5.91 Å². The first-order chi connectivity index (χ1) is 13.8. The van der Waals surface area contributed by atoms with Crippen molar-refractivity contribution in [3.8, 4) is 0 Å². The molecular weight excluding hydrogens is 370 g/mol. The number of carbonyl (C=O) groups excluding carboxylic acids is 3. The predicted octanol–water partition coefficient (Wildman–Crippen LogP) is 2.09. The van der Waals surface area contributed by atoms with Gasteiger partial charge in [-0.25, -0.2) is 0 Å². The lowest BCUT2D eigenvalue weighted by Crippen LogP contribution is -2.63. The third-order valence-electron chi connectivity index (χ3n) is 6.40. The van der Waals surface area contributed by atoms with E-state index in [1.165, 1.54) is 28.5 Å². The van der Waals surface area contributed by atoms with Crippen LogP contribution >= 0.6 is 0 Å². The lowest BCUT2D eigenvalue weighted by Gasteiger charge is -2.41. The Bertz CT molecular complexity index is 781. The van der Waals surface area contributed by atoms with E-state index in [9.17, 15) is 14.4 Å². The molecule has 0 unspecified atom stereocenters. The largest absolute Gasteiger partial charge is 0.351 e. The number of hydrogen-bond acceptors (Lipinski definition) is 4. The minimum atomic E-state index is -1.05. The lowest BCUT2D eigenvalue weighted by molar-refractivity contribution is -0.133. The Kier molecular flexibility index (Phi) is 6.29. The Hall–Kier alpha value is -2.38. The van der Waals surface area contributed by atoms with Gasteiger partial charge in [-0.05, 0) is 33.1 Å². The normalized spacial score (nSPS) is 23.9. The minimum absolute atomic E-state index is 0.0234. The molecule has 1 fully saturated rings. The maximum Gasteiger partial charge on any atom is 0.272 e. The molecule has 2 aliphatic rings. The standard InChI is InChI=1S/C21H33N5O3/c1-5-14(2)22-18(27)16-12-17-19(28)25(4)21(3,13-26(17)24-16)20(29)23-15-10-8-6-7-9-11-15/h12,14-15H,5-11,13H2,1-4H3,(H,22,27)(H,23,29)/t14-,21+/m1/s1. The molecule has 0 radical (unpaired) electrons. The van der Waals surface area contributed by atoms with Gasteiger partial charge in [0.15, 0.2) is 5.69 Å². The summed E-state index contributed by atoms with van der Waals surface area (Å²) in [5, 5.41) is 10.4. The average Bonchev–Trinajstić information content (AvgIpc) is 2.95. The van der Waals surface area contributed by atoms with Gasteiger partial charge in [0, 0.05) is 25.2 Å². The topological polar surface area (TPSA) is 96.3 Å². The zero-order valence-corrected chi connectivity index (χ0v) is 18.0. The summed E-state index contributed by atoms with van der Waals surface area (Å²) >= 11 is 0. The molecule has 8 heteroatoms. The maximum absolute atomic E-state index is 13.2. The Labute approximate surface area is 172 Å². The maximum atomic E-state index is 13.2. The molecule has 0 saturated heterocycles. The number of likely N-dealkylation sites (N-methyl/N-ethyl adjacent to an activating group) is 1. The highest BCUT2D eigenvalue weighted by Gasteiger charge is 2.46. The highest BCUT2D eigenvalue weighted by Crippen LogP contribution is 2.27. The van der Waals surface area contributed by atoms with E-state index in [1.54, 1.807) is 14.0 Å². The summed E-state index contributed by atoms with van der Waals surface area (Å²) in [6, 6.07) is 1.69. The van der Waals surface area contributed by atoms with Gasteiger partial charge in [-0.1, -0.05) is 32.6 Å². The Morgan fingerprint density at radius 1 is 1.28 bits per heavy atom. The van der Waals surface area contributed by atoms with Crippen molar-refractivity contribution in [1.29, 1.82) is 0 Å². The van der Waals surface area contributed by atoms with Gasteiger partial charge >= 0.3 is 0 Å². The highest BCUT2D eigenvalue weighted by atomic mass is 16.2. The summed E-state index contributed by atoms with van der Waals surface area (Å²) in [7, 11) is 1.64. The smallest absolute Gasteiger partial charge is 0.272 e. The van der Waals surface area contributed by atoms with Crippen molar-refractivity contribution >= 4 is 17.7 Å². The number of nitrogens with one attached hydrogen (secondary N) is 2. The third-order valence-corrected chi connectivity index (χ3v) is 6.40. The van der Waals surface area contributed by atoms with Crippen molar-refractivity contribution in [1.82, 2.24) is 25.3 Å². The number of nitrogens with zero attached hydrogens (tertiary/aromatic N) is 3. The van der Waals surface area contributed by atoms with Gasteiger partial charge in [-0.2, -0.15) is 5.10 Å². The molecule has 8 nitrogen and oxygen atoms in total. The minimum Gasteiger partial charge on any atom is -0.351 e. The van der Waals surface area contributed by atoms with Gasteiger partial charge in [-0.15, -0.1) is 0 Å². The first-order valence-electron chi connectivity index (χ1n) is 10.7. The van der Waals surface area contributed by atoms with Crippen LogP contribution in [0.1, 0.15) is 86.7 Å². The second-order valence-corrected chi connectivity index (χ2v) is 8.66. The number of fused-ring (bicyclic) bond motifs is 1. The molecule has 1 saturated carbocycles. The molecule has 160 valence electrons. The van der Waals surface area contributed by atoms with Crippen LogP contribution in [0.15, 0.2) is 6.07 Å². The molecule has 1 aliphatic carbocycles. The fourth-order valence-corrected chi connectivity index (χ4v) is 4.00. The van der Waals surface area contributed by atoms with Crippen molar-refractivity contribution in [3.05, 3.63) is 17.5 Å². The monoisotopic (exact) mass is 403 g/mol. The molecule has 3 amide bonds. The van der Waals surface area contributed by atoms with Gasteiger partial charge < -0.3 is 15.5 Å². The fraction of sp³-hybridized carbons (Fsp3) is 0.714. The number of rotatable bonds is 5. The molecule has 29 heavy (non-hydrogen) atoms. The van der Waals surface area contributed by atoms with E-state index >= 15 is 0 Å². The number of amides is 3. The van der Waals surface area contributed by atoms with Crippen molar-refractivity contribution < 1.29 is 14.4 Å². The van der Waals surface area contributed by atoms with E-state index in [2.05, 4.69) is 15.7 Å². The fourth-order valence-electron chi connectivity index (χ4n) is 4.00. The summed E-state index contributed by atoms with van der Waals surface area (Å²) in [5.41, 5.74) is -0.510. The van der Waals surface area contributed by atoms with Gasteiger partial charge in [0.1, 0.15) is 11.2 Å². The van der Waals surface area contributed by atoms with Crippen LogP contribution in [0.2, 0.25) is 0 Å². The third kappa shape index (κ3) is 4.31. The highest BCUT2D eigenvalue weighted by molar-refractivity contribution is 6.01. The molecule has 2 atom stereocenters. The predicted molar refractivity (Wildman–Crippen MR) is 110 cm³/mol. The van der Waals surface area contributed by atoms with E-state index in [0.717, 1.165) is 32.1 Å². The summed E-state index contributed by atoms with van der Waals surface area (Å²) < 4.78 is 1.50. The van der Waals surface area contributed by atoms with Gasteiger partial charge in [0.25, 0.3) is 11.8 Å². The van der Waals surface area contributed by atoms with Gasteiger partial charge in [-0.3, -0.25) is 19.1 Å². The molecule has 1 aromatic rings. The molecular formula is C21H33N5O3. The summed E-state index contributed by atoms with van der Waals surface area (Å²) in [6.07, 6.45) is 7.42. The van der Waals surface area contributed by atoms with Crippen LogP contribution in [0.5, 0.6) is 0 Å². The first-order valence-corrected chi connectivity index (χ1v) is 10.7. The Morgan fingerprint density at radius 2 is 1.93 bits per heavy atom. The number of aromatic nitrogens is 2. The van der Waals surface area contributed by atoms with E-state index in [0.29, 0.717) is 5.69 Å². The Balaban J connectivity index is 1.79. The SMILES string of the molecule is CC[C@@H](C)NC(=O)c1cc2n(n1)C[C@@](C)(C(=O)NC1CCCCCC1)N(C)C2=O. The van der Waals surface area contributed by atoms with Crippen LogP contribution in [0.25, 0.3) is 0 Å². The second-order valence-electron chi connectivity index (χ2n) is 8.66. The van der Waals surface area contributed by atoms with Crippen molar-refractivity contribution in [2.75, 3.05) is 7.05 Å². The van der Waals surface area contributed by atoms with Crippen LogP contribution in [-0.4, -0.2) is 57.1 Å². The van der Waals surface area contributed by atoms with Crippen LogP contribution < -0.4 is 10.6 Å². The molecule has 0 bridgehead atoms. The number of hydrogen-bond donors (Lipinski definition) is 2.